The van der Waals surface area contributed by atoms with Crippen LogP contribution in [0.3, 0.4) is 0 Å². The fraction of sp³-hybridized carbons (Fsp3) is 0.878. The number of ketones is 1. The van der Waals surface area contributed by atoms with E-state index < -0.39 is 92.0 Å². The molecule has 2 saturated carbocycles. The van der Waals surface area contributed by atoms with E-state index in [2.05, 4.69) is 6.92 Å². The summed E-state index contributed by atoms with van der Waals surface area (Å²) in [5.74, 6) is -0.846. The molecule has 0 aromatic heterocycles. The Balaban J connectivity index is 0.877. The van der Waals surface area contributed by atoms with Crippen LogP contribution >= 0.6 is 0 Å². The summed E-state index contributed by atoms with van der Waals surface area (Å²) in [6.45, 7) is 6.76. The van der Waals surface area contributed by atoms with Gasteiger partial charge in [0.05, 0.1) is 37.9 Å². The summed E-state index contributed by atoms with van der Waals surface area (Å²) in [7, 11) is 0. The second-order valence-electron chi connectivity index (χ2n) is 18.3. The van der Waals surface area contributed by atoms with Crippen LogP contribution in [-0.4, -0.2) is 154 Å². The topological polar surface area (TPSA) is 246 Å². The Bertz CT molecular complexity index is 1590. The first kappa shape index (κ1) is 42.6. The Labute approximate surface area is 337 Å². The van der Waals surface area contributed by atoms with Gasteiger partial charge in [-0.2, -0.15) is 0 Å². The van der Waals surface area contributed by atoms with Gasteiger partial charge in [0.15, 0.2) is 24.7 Å². The van der Waals surface area contributed by atoms with Crippen LogP contribution in [0.4, 0.5) is 0 Å². The summed E-state index contributed by atoms with van der Waals surface area (Å²) < 4.78 is 46.8. The molecule has 0 unspecified atom stereocenters. The van der Waals surface area contributed by atoms with Crippen LogP contribution in [0, 0.1) is 35.0 Å². The van der Waals surface area contributed by atoms with Gasteiger partial charge in [0.1, 0.15) is 54.9 Å². The number of aliphatic hydroxyl groups excluding tert-OH is 6. The van der Waals surface area contributed by atoms with Gasteiger partial charge in [0.25, 0.3) is 0 Å². The number of esters is 2. The average Bonchev–Trinajstić information content (AvgIpc) is 3.82. The minimum Gasteiger partial charge on any atom is -0.465 e. The Morgan fingerprint density at radius 1 is 0.776 bits per heavy atom. The van der Waals surface area contributed by atoms with Crippen molar-refractivity contribution in [2.45, 2.75) is 178 Å². The standard InChI is InChI=1S/C41H60O17/c1-16-31(44)35(48)37(50)40(54-16)57-26-15-52-39(36(49)32(26)45)58-38-17(2)53-28(13-25(38)55-18(3)42)56-21-9-10-41(4)20(12-21)5-6-24-23-8-7-22(19-11-27(43)51-14-19)29(23)33(46)34(47)30(24)41/h16-17,19-22,24-26,28,30-32,34-40,44-45,47-50H,5-15H2,1-4H3/t16-,17+,19+,20-,21-,22+,24-,25-,26+,28-,30+,31-,32-,34+,35+,36+,37+,38+,39-,40-,41-/m0/s1. The molecular formula is C41H60O17. The van der Waals surface area contributed by atoms with Crippen molar-refractivity contribution in [3.8, 4) is 0 Å². The molecule has 8 rings (SSSR count). The number of fused-ring (bicyclic) bond motifs is 4. The van der Waals surface area contributed by atoms with E-state index in [1.807, 2.05) is 0 Å². The minimum absolute atomic E-state index is 0.00962. The van der Waals surface area contributed by atoms with Crippen molar-refractivity contribution < 1.29 is 82.9 Å². The maximum atomic E-state index is 13.9. The number of cyclic esters (lactones) is 1. The SMILES string of the molecule is CC(=O)O[C@H]1C[C@H](O[C@H]2CC[C@@]3(C)[C@@H](CC[C@H]4C5=C(C(=O)[C@H](O)[C@@H]43)[C@@H]([C@H]3COC(=O)C3)CC5)C2)O[C@H](C)[C@H]1O[C@@H]1OC[C@@H](O[C@@H]2O[C@@H](C)[C@H](O)[C@@H](O)[C@H]2O)[C@H](O)[C@H]1O. The zero-order chi connectivity index (χ0) is 41.4. The lowest BCUT2D eigenvalue weighted by atomic mass is 9.48. The second-order valence-corrected chi connectivity index (χ2v) is 18.3. The van der Waals surface area contributed by atoms with Gasteiger partial charge in [-0.15, -0.1) is 0 Å². The first-order valence-corrected chi connectivity index (χ1v) is 21.1. The van der Waals surface area contributed by atoms with E-state index in [4.69, 9.17) is 37.9 Å². The first-order chi connectivity index (χ1) is 27.5. The maximum absolute atomic E-state index is 13.9. The third-order valence-corrected chi connectivity index (χ3v) is 14.9. The molecule has 0 amide bonds. The zero-order valence-electron chi connectivity index (χ0n) is 33.5. The smallest absolute Gasteiger partial charge is 0.306 e. The van der Waals surface area contributed by atoms with E-state index in [0.29, 0.717) is 25.9 Å². The van der Waals surface area contributed by atoms with Gasteiger partial charge in [0, 0.05) is 30.8 Å². The van der Waals surface area contributed by atoms with Gasteiger partial charge in [0.2, 0.25) is 0 Å². The number of rotatable bonds is 8. The van der Waals surface area contributed by atoms with Gasteiger partial charge in [-0.3, -0.25) is 14.4 Å². The number of ether oxygens (including phenoxy) is 8. The van der Waals surface area contributed by atoms with Crippen molar-refractivity contribution in [3.63, 3.8) is 0 Å². The van der Waals surface area contributed by atoms with E-state index in [-0.39, 0.29) is 65.9 Å². The number of hydrogen-bond acceptors (Lipinski definition) is 17. The molecule has 0 bridgehead atoms. The summed E-state index contributed by atoms with van der Waals surface area (Å²) in [6.07, 6.45) is -11.0. The number of aliphatic hydroxyl groups is 6. The lowest BCUT2D eigenvalue weighted by Crippen LogP contribution is -2.62. The summed E-state index contributed by atoms with van der Waals surface area (Å²) in [4.78, 5) is 38.1. The van der Waals surface area contributed by atoms with Crippen molar-refractivity contribution in [1.82, 2.24) is 0 Å². The number of carbonyl (C=O) groups excluding carboxylic acids is 3. The summed E-state index contributed by atoms with van der Waals surface area (Å²) in [5, 5.41) is 64.2. The number of carbonyl (C=O) groups is 3. The number of allylic oxidation sites excluding steroid dienone is 1. The summed E-state index contributed by atoms with van der Waals surface area (Å²) >= 11 is 0. The summed E-state index contributed by atoms with van der Waals surface area (Å²) in [5.41, 5.74) is 1.69. The molecule has 8 aliphatic rings. The molecular weight excluding hydrogens is 764 g/mol. The Morgan fingerprint density at radius 2 is 1.53 bits per heavy atom. The molecule has 326 valence electrons. The molecule has 0 radical (unpaired) electrons. The lowest BCUT2D eigenvalue weighted by Gasteiger charge is -2.58. The van der Waals surface area contributed by atoms with Crippen LogP contribution in [0.15, 0.2) is 11.1 Å². The first-order valence-electron chi connectivity index (χ1n) is 21.1. The van der Waals surface area contributed by atoms with E-state index in [1.165, 1.54) is 19.4 Å². The minimum atomic E-state index is -1.64. The predicted octanol–water partition coefficient (Wildman–Crippen LogP) is 0.160. The highest BCUT2D eigenvalue weighted by molar-refractivity contribution is 6.02. The van der Waals surface area contributed by atoms with Crippen molar-refractivity contribution in [3.05, 3.63) is 11.1 Å². The molecule has 4 heterocycles. The quantitative estimate of drug-likeness (QED) is 0.141. The van der Waals surface area contributed by atoms with Crippen molar-refractivity contribution in [2.24, 2.45) is 35.0 Å². The maximum Gasteiger partial charge on any atom is 0.306 e. The predicted molar refractivity (Wildman–Crippen MR) is 195 cm³/mol. The number of Topliss-reactive ketones (excluding diaryl/α,β-unsaturated/α-hetero) is 1. The molecule has 17 nitrogen and oxygen atoms in total. The molecule has 4 saturated heterocycles. The fourth-order valence-electron chi connectivity index (χ4n) is 11.8. The second kappa shape index (κ2) is 16.6. The normalized spacial score (nSPS) is 50.8. The molecule has 58 heavy (non-hydrogen) atoms. The third kappa shape index (κ3) is 7.70. The highest BCUT2D eigenvalue weighted by atomic mass is 16.8. The van der Waals surface area contributed by atoms with Gasteiger partial charge in [-0.25, -0.2) is 0 Å². The van der Waals surface area contributed by atoms with Gasteiger partial charge >= 0.3 is 11.9 Å². The Morgan fingerprint density at radius 3 is 2.26 bits per heavy atom. The van der Waals surface area contributed by atoms with Gasteiger partial charge < -0.3 is 68.5 Å². The van der Waals surface area contributed by atoms with E-state index in [0.717, 1.165) is 37.7 Å². The number of hydrogen-bond donors (Lipinski definition) is 6. The van der Waals surface area contributed by atoms with Crippen LogP contribution in [0.25, 0.3) is 0 Å². The molecule has 0 aromatic rings. The van der Waals surface area contributed by atoms with Crippen LogP contribution in [-0.2, 0) is 52.3 Å². The molecule has 4 aliphatic heterocycles. The van der Waals surface area contributed by atoms with Gasteiger partial charge in [-0.05, 0) is 82.0 Å². The molecule has 4 aliphatic carbocycles. The van der Waals surface area contributed by atoms with Crippen molar-refractivity contribution in [1.29, 1.82) is 0 Å². The Hall–Kier alpha value is -2.13. The lowest BCUT2D eigenvalue weighted by molar-refractivity contribution is -0.355. The van der Waals surface area contributed by atoms with Crippen molar-refractivity contribution >= 4 is 17.7 Å². The monoisotopic (exact) mass is 824 g/mol. The molecule has 17 heteroatoms. The zero-order valence-corrected chi connectivity index (χ0v) is 33.5. The average molecular weight is 825 g/mol. The van der Waals surface area contributed by atoms with Crippen LogP contribution in [0.1, 0.15) is 85.5 Å². The molecule has 0 spiro atoms. The van der Waals surface area contributed by atoms with Gasteiger partial charge in [-0.1, -0.05) is 12.5 Å². The third-order valence-electron chi connectivity index (χ3n) is 14.9. The molecule has 6 N–H and O–H groups in total. The van der Waals surface area contributed by atoms with Crippen LogP contribution in [0.2, 0.25) is 0 Å². The van der Waals surface area contributed by atoms with E-state index in [9.17, 15) is 45.0 Å². The highest BCUT2D eigenvalue weighted by Gasteiger charge is 2.60. The molecule has 6 fully saturated rings. The molecule has 0 aromatic carbocycles. The van der Waals surface area contributed by atoms with Crippen LogP contribution < -0.4 is 0 Å². The largest absolute Gasteiger partial charge is 0.465 e. The summed E-state index contributed by atoms with van der Waals surface area (Å²) in [6, 6.07) is 0. The highest BCUT2D eigenvalue weighted by Crippen LogP contribution is 2.62. The fourth-order valence-corrected chi connectivity index (χ4v) is 11.8. The molecule has 21 atom stereocenters. The van der Waals surface area contributed by atoms with E-state index in [1.54, 1.807) is 6.92 Å². The Kier molecular flexibility index (Phi) is 12.2. The van der Waals surface area contributed by atoms with Crippen molar-refractivity contribution in [2.75, 3.05) is 13.2 Å². The van der Waals surface area contributed by atoms with Crippen LogP contribution in [0.5, 0.6) is 0 Å². The van der Waals surface area contributed by atoms with E-state index >= 15 is 0 Å².